The molecule has 0 heterocycles. The Labute approximate surface area is 80.0 Å². The van der Waals surface area contributed by atoms with E-state index in [0.29, 0.717) is 5.88 Å². The summed E-state index contributed by atoms with van der Waals surface area (Å²) in [5, 5.41) is 0. The SMILES string of the molecule is C=Cc1ccc(Br)c(CCl)c1. The van der Waals surface area contributed by atoms with Gasteiger partial charge in [0.15, 0.2) is 0 Å². The largest absolute Gasteiger partial charge is 0.122 e. The first-order valence-corrected chi connectivity index (χ1v) is 4.57. The quantitative estimate of drug-likeness (QED) is 0.679. The van der Waals surface area contributed by atoms with Crippen LogP contribution < -0.4 is 0 Å². The highest BCUT2D eigenvalue weighted by atomic mass is 79.9. The Balaban J connectivity index is 3.12. The van der Waals surface area contributed by atoms with Crippen molar-refractivity contribution in [3.8, 4) is 0 Å². The zero-order valence-electron chi connectivity index (χ0n) is 5.98. The van der Waals surface area contributed by atoms with Crippen LogP contribution in [0.3, 0.4) is 0 Å². The zero-order valence-corrected chi connectivity index (χ0v) is 8.32. The highest BCUT2D eigenvalue weighted by molar-refractivity contribution is 9.10. The summed E-state index contributed by atoms with van der Waals surface area (Å²) in [6.07, 6.45) is 1.81. The van der Waals surface area contributed by atoms with Crippen molar-refractivity contribution >= 4 is 33.6 Å². The summed E-state index contributed by atoms with van der Waals surface area (Å²) in [7, 11) is 0. The van der Waals surface area contributed by atoms with Gasteiger partial charge in [0, 0.05) is 10.4 Å². The molecule has 0 saturated carbocycles. The van der Waals surface area contributed by atoms with Gasteiger partial charge in [0.05, 0.1) is 0 Å². The van der Waals surface area contributed by atoms with Crippen molar-refractivity contribution in [1.29, 1.82) is 0 Å². The molecule has 0 aliphatic heterocycles. The molecule has 0 nitrogen and oxygen atoms in total. The lowest BCUT2D eigenvalue weighted by atomic mass is 10.1. The van der Waals surface area contributed by atoms with Gasteiger partial charge in [-0.25, -0.2) is 0 Å². The Bertz CT molecular complexity index is 268. The molecule has 0 atom stereocenters. The number of hydrogen-bond donors (Lipinski definition) is 0. The van der Waals surface area contributed by atoms with Gasteiger partial charge in [0.2, 0.25) is 0 Å². The molecule has 0 bridgehead atoms. The van der Waals surface area contributed by atoms with Crippen molar-refractivity contribution in [3.63, 3.8) is 0 Å². The molecule has 0 aromatic heterocycles. The second kappa shape index (κ2) is 3.93. The summed E-state index contributed by atoms with van der Waals surface area (Å²) < 4.78 is 1.05. The summed E-state index contributed by atoms with van der Waals surface area (Å²) in [5.41, 5.74) is 2.20. The molecule has 2 heteroatoms. The normalized spacial score (nSPS) is 9.64. The van der Waals surface area contributed by atoms with Gasteiger partial charge in [0.1, 0.15) is 0 Å². The highest BCUT2D eigenvalue weighted by Gasteiger charge is 1.97. The third-order valence-corrected chi connectivity index (χ3v) is 2.51. The number of rotatable bonds is 2. The van der Waals surface area contributed by atoms with Gasteiger partial charge in [-0.3, -0.25) is 0 Å². The average molecular weight is 232 g/mol. The van der Waals surface area contributed by atoms with Crippen molar-refractivity contribution < 1.29 is 0 Å². The van der Waals surface area contributed by atoms with Crippen LogP contribution in [0.15, 0.2) is 29.3 Å². The Hall–Kier alpha value is -0.270. The number of benzene rings is 1. The minimum absolute atomic E-state index is 0.530. The molecule has 0 fully saturated rings. The van der Waals surface area contributed by atoms with Gasteiger partial charge >= 0.3 is 0 Å². The first-order valence-electron chi connectivity index (χ1n) is 3.24. The fourth-order valence-corrected chi connectivity index (χ4v) is 1.59. The highest BCUT2D eigenvalue weighted by Crippen LogP contribution is 2.20. The van der Waals surface area contributed by atoms with E-state index in [-0.39, 0.29) is 0 Å². The lowest BCUT2D eigenvalue weighted by molar-refractivity contribution is 1.36. The van der Waals surface area contributed by atoms with E-state index < -0.39 is 0 Å². The van der Waals surface area contributed by atoms with Gasteiger partial charge in [-0.05, 0) is 23.3 Å². The maximum absolute atomic E-state index is 5.70. The van der Waals surface area contributed by atoms with Gasteiger partial charge in [-0.15, -0.1) is 11.6 Å². The Morgan fingerprint density at radius 2 is 2.27 bits per heavy atom. The molecule has 0 aliphatic carbocycles. The van der Waals surface area contributed by atoms with Gasteiger partial charge in [0.25, 0.3) is 0 Å². The van der Waals surface area contributed by atoms with Crippen LogP contribution in [0, 0.1) is 0 Å². The van der Waals surface area contributed by atoms with Crippen molar-refractivity contribution in [2.24, 2.45) is 0 Å². The molecule has 58 valence electrons. The minimum atomic E-state index is 0.530. The van der Waals surface area contributed by atoms with E-state index in [1.54, 1.807) is 0 Å². The average Bonchev–Trinajstić information content (AvgIpc) is 2.05. The molecule has 1 rings (SSSR count). The van der Waals surface area contributed by atoms with Crippen molar-refractivity contribution in [1.82, 2.24) is 0 Å². The summed E-state index contributed by atoms with van der Waals surface area (Å²) >= 11 is 9.10. The first-order chi connectivity index (χ1) is 5.27. The van der Waals surface area contributed by atoms with E-state index in [1.807, 2.05) is 24.3 Å². The first kappa shape index (κ1) is 8.82. The monoisotopic (exact) mass is 230 g/mol. The number of alkyl halides is 1. The molecule has 0 saturated heterocycles. The number of halogens is 2. The third kappa shape index (κ3) is 2.08. The third-order valence-electron chi connectivity index (χ3n) is 1.45. The minimum Gasteiger partial charge on any atom is -0.122 e. The molecule has 1 aromatic carbocycles. The maximum atomic E-state index is 5.70. The van der Waals surface area contributed by atoms with E-state index in [0.717, 1.165) is 15.6 Å². The molecule has 0 N–H and O–H groups in total. The second-order valence-corrected chi connectivity index (χ2v) is 3.31. The molecule has 11 heavy (non-hydrogen) atoms. The lowest BCUT2D eigenvalue weighted by Gasteiger charge is -2.00. The molecule has 0 radical (unpaired) electrons. The molecule has 0 aliphatic rings. The van der Waals surface area contributed by atoms with Crippen molar-refractivity contribution in [3.05, 3.63) is 40.4 Å². The van der Waals surface area contributed by atoms with Crippen molar-refractivity contribution in [2.45, 2.75) is 5.88 Å². The van der Waals surface area contributed by atoms with Crippen LogP contribution in [0.4, 0.5) is 0 Å². The lowest BCUT2D eigenvalue weighted by Crippen LogP contribution is -1.81. The van der Waals surface area contributed by atoms with Gasteiger partial charge in [-0.2, -0.15) is 0 Å². The standard InChI is InChI=1S/C9H8BrCl/c1-2-7-3-4-9(10)8(5-7)6-11/h2-5H,1,6H2. The van der Waals surface area contributed by atoms with Crippen molar-refractivity contribution in [2.75, 3.05) is 0 Å². The Kier molecular flexibility index (Phi) is 3.16. The maximum Gasteiger partial charge on any atom is 0.0485 e. The number of hydrogen-bond acceptors (Lipinski definition) is 0. The molecule has 0 spiro atoms. The smallest absolute Gasteiger partial charge is 0.0485 e. The molecule has 0 amide bonds. The molecular weight excluding hydrogens is 223 g/mol. The van der Waals surface area contributed by atoms with Gasteiger partial charge in [-0.1, -0.05) is 34.7 Å². The van der Waals surface area contributed by atoms with E-state index in [4.69, 9.17) is 11.6 Å². The summed E-state index contributed by atoms with van der Waals surface area (Å²) in [4.78, 5) is 0. The predicted molar refractivity (Wildman–Crippen MR) is 53.8 cm³/mol. The second-order valence-electron chi connectivity index (χ2n) is 2.19. The van der Waals surface area contributed by atoms with Crippen LogP contribution in [0.2, 0.25) is 0 Å². The topological polar surface area (TPSA) is 0 Å². The predicted octanol–water partition coefficient (Wildman–Crippen LogP) is 3.83. The summed E-state index contributed by atoms with van der Waals surface area (Å²) in [6.45, 7) is 3.68. The van der Waals surface area contributed by atoms with E-state index in [9.17, 15) is 0 Å². The molecule has 0 unspecified atom stereocenters. The van der Waals surface area contributed by atoms with Crippen LogP contribution in [-0.4, -0.2) is 0 Å². The summed E-state index contributed by atoms with van der Waals surface area (Å²) in [5.74, 6) is 0.530. The van der Waals surface area contributed by atoms with Crippen LogP contribution in [-0.2, 0) is 5.88 Å². The van der Waals surface area contributed by atoms with Crippen LogP contribution in [0.1, 0.15) is 11.1 Å². The molecule has 1 aromatic rings. The fourth-order valence-electron chi connectivity index (χ4n) is 0.824. The fraction of sp³-hybridized carbons (Fsp3) is 0.111. The van der Waals surface area contributed by atoms with Crippen LogP contribution in [0.5, 0.6) is 0 Å². The van der Waals surface area contributed by atoms with E-state index in [2.05, 4.69) is 22.5 Å². The zero-order chi connectivity index (χ0) is 8.27. The van der Waals surface area contributed by atoms with Crippen LogP contribution in [0.25, 0.3) is 6.08 Å². The van der Waals surface area contributed by atoms with Crippen LogP contribution >= 0.6 is 27.5 Å². The van der Waals surface area contributed by atoms with E-state index in [1.165, 1.54) is 0 Å². The Morgan fingerprint density at radius 1 is 1.55 bits per heavy atom. The van der Waals surface area contributed by atoms with E-state index >= 15 is 0 Å². The Morgan fingerprint density at radius 3 is 2.82 bits per heavy atom. The van der Waals surface area contributed by atoms with Gasteiger partial charge < -0.3 is 0 Å². The molecular formula is C9H8BrCl. The summed E-state index contributed by atoms with van der Waals surface area (Å²) in [6, 6.07) is 5.99.